The molecule has 0 N–H and O–H groups in total. The van der Waals surface area contributed by atoms with Gasteiger partial charge in [-0.3, -0.25) is 9.59 Å². The Morgan fingerprint density at radius 1 is 0.562 bits per heavy atom. The molecule has 0 spiro atoms. The van der Waals surface area contributed by atoms with E-state index in [-0.39, 0.29) is 11.8 Å². The lowest BCUT2D eigenvalue weighted by atomic mass is 9.96. The van der Waals surface area contributed by atoms with Gasteiger partial charge in [0.25, 0.3) is 11.8 Å². The third-order valence-corrected chi connectivity index (χ3v) is 10.0. The fourth-order valence-electron chi connectivity index (χ4n) is 6.48. The van der Waals surface area contributed by atoms with Gasteiger partial charge in [0.2, 0.25) is 0 Å². The van der Waals surface area contributed by atoms with E-state index in [4.69, 9.17) is 56.4 Å². The van der Waals surface area contributed by atoms with E-state index >= 15 is 0 Å². The summed E-state index contributed by atoms with van der Waals surface area (Å²) in [4.78, 5) is 42.0. The van der Waals surface area contributed by atoms with E-state index < -0.39 is 0 Å². The van der Waals surface area contributed by atoms with Crippen molar-refractivity contribution in [2.75, 3.05) is 26.2 Å². The third-order valence-electron chi connectivity index (χ3n) is 8.93. The van der Waals surface area contributed by atoms with Gasteiger partial charge in [-0.05, 0) is 73.5 Å². The number of pyridine rings is 2. The first-order chi connectivity index (χ1) is 23.1. The number of halogens is 4. The van der Waals surface area contributed by atoms with E-state index in [2.05, 4.69) is 0 Å². The van der Waals surface area contributed by atoms with E-state index in [1.165, 1.54) is 0 Å². The summed E-state index contributed by atoms with van der Waals surface area (Å²) in [7, 11) is 0. The van der Waals surface area contributed by atoms with E-state index in [1.807, 2.05) is 84.3 Å². The van der Waals surface area contributed by atoms with Gasteiger partial charge in [-0.1, -0.05) is 82.8 Å². The second kappa shape index (κ2) is 13.0. The molecule has 0 bridgehead atoms. The zero-order chi connectivity index (χ0) is 33.7. The summed E-state index contributed by atoms with van der Waals surface area (Å²) in [6.07, 6.45) is 0. The van der Waals surface area contributed by atoms with Crippen LogP contribution in [0.1, 0.15) is 31.8 Å². The number of benzene rings is 4. The highest BCUT2D eigenvalue weighted by molar-refractivity contribution is 6.37. The van der Waals surface area contributed by atoms with Crippen LogP contribution in [0.25, 0.3) is 44.3 Å². The number of fused-ring (bicyclic) bond motifs is 2. The number of carbonyl (C=O) groups is 2. The van der Waals surface area contributed by atoms with Crippen LogP contribution in [-0.4, -0.2) is 57.8 Å². The van der Waals surface area contributed by atoms with Crippen LogP contribution < -0.4 is 0 Å². The first-order valence-corrected chi connectivity index (χ1v) is 16.9. The van der Waals surface area contributed by atoms with E-state index in [0.29, 0.717) is 90.9 Å². The summed E-state index contributed by atoms with van der Waals surface area (Å²) >= 11 is 25.5. The topological polar surface area (TPSA) is 66.4 Å². The number of aromatic nitrogens is 2. The molecule has 2 amide bonds. The van der Waals surface area contributed by atoms with Gasteiger partial charge in [0.1, 0.15) is 0 Å². The van der Waals surface area contributed by atoms with Crippen LogP contribution in [0.15, 0.2) is 84.9 Å². The summed E-state index contributed by atoms with van der Waals surface area (Å²) in [5.41, 5.74) is 6.65. The highest BCUT2D eigenvalue weighted by Gasteiger charge is 2.31. The van der Waals surface area contributed by atoms with Gasteiger partial charge in [0.05, 0.1) is 43.6 Å². The van der Waals surface area contributed by atoms with Crippen molar-refractivity contribution in [3.05, 3.63) is 127 Å². The molecule has 10 heteroatoms. The minimum absolute atomic E-state index is 0.116. The third kappa shape index (κ3) is 5.77. The molecule has 1 aliphatic heterocycles. The van der Waals surface area contributed by atoms with Crippen LogP contribution in [0.5, 0.6) is 0 Å². The number of piperazine rings is 1. The Kier molecular flexibility index (Phi) is 8.77. The Morgan fingerprint density at radius 3 is 1.31 bits per heavy atom. The Morgan fingerprint density at radius 2 is 0.938 bits per heavy atom. The molecule has 4 aromatic carbocycles. The quantitative estimate of drug-likeness (QED) is 0.182. The molecule has 0 unspecified atom stereocenters. The molecule has 48 heavy (non-hydrogen) atoms. The molecule has 0 atom stereocenters. The number of amides is 2. The van der Waals surface area contributed by atoms with E-state index in [0.717, 1.165) is 21.9 Å². The van der Waals surface area contributed by atoms with Gasteiger partial charge >= 0.3 is 0 Å². The largest absolute Gasteiger partial charge is 0.335 e. The second-order valence-electron chi connectivity index (χ2n) is 11.8. The van der Waals surface area contributed by atoms with Crippen LogP contribution in [0.2, 0.25) is 20.1 Å². The summed E-state index contributed by atoms with van der Waals surface area (Å²) in [6, 6.07) is 25.7. The number of hydrogen-bond acceptors (Lipinski definition) is 4. The van der Waals surface area contributed by atoms with E-state index in [9.17, 15) is 9.59 Å². The van der Waals surface area contributed by atoms with Crippen molar-refractivity contribution in [1.82, 2.24) is 19.8 Å². The molecular weight excluding hydrogens is 686 g/mol. The van der Waals surface area contributed by atoms with Gasteiger partial charge in [0, 0.05) is 58.1 Å². The van der Waals surface area contributed by atoms with Crippen molar-refractivity contribution in [2.45, 2.75) is 13.8 Å². The molecule has 6 aromatic rings. The molecule has 0 radical (unpaired) electrons. The Balaban J connectivity index is 1.20. The van der Waals surface area contributed by atoms with Crippen molar-refractivity contribution in [3.8, 4) is 22.5 Å². The predicted molar refractivity (Wildman–Crippen MR) is 196 cm³/mol. The zero-order valence-electron chi connectivity index (χ0n) is 26.0. The standard InChI is InChI=1S/C38H28Cl4N4O2/c1-21-33(27-7-3-5-9-31(27)43-35(21)25-13-11-23(39)19-29(25)41)37(47)45-15-17-46(18-16-45)38(48)34-22(2)36(26-14-12-24(40)20-30(26)42)44-32-10-6-4-8-28(32)34/h3-14,19-20H,15-18H2,1-2H3. The summed E-state index contributed by atoms with van der Waals surface area (Å²) in [5, 5.41) is 3.48. The molecule has 6 nitrogen and oxygen atoms in total. The maximum atomic E-state index is 14.3. The fraction of sp³-hybridized carbons (Fsp3) is 0.158. The van der Waals surface area contributed by atoms with Gasteiger partial charge in [0.15, 0.2) is 0 Å². The van der Waals surface area contributed by atoms with Crippen molar-refractivity contribution in [2.24, 2.45) is 0 Å². The molecule has 1 aliphatic rings. The lowest BCUT2D eigenvalue weighted by Crippen LogP contribution is -2.51. The summed E-state index contributed by atoms with van der Waals surface area (Å²) in [6.45, 7) is 5.28. The molecule has 1 fully saturated rings. The summed E-state index contributed by atoms with van der Waals surface area (Å²) < 4.78 is 0. The predicted octanol–water partition coefficient (Wildman–Crippen LogP) is 9.95. The van der Waals surface area contributed by atoms with Crippen LogP contribution in [0.4, 0.5) is 0 Å². The van der Waals surface area contributed by atoms with Crippen LogP contribution in [-0.2, 0) is 0 Å². The normalized spacial score (nSPS) is 13.4. The molecule has 7 rings (SSSR count). The van der Waals surface area contributed by atoms with Crippen LogP contribution in [0, 0.1) is 13.8 Å². The van der Waals surface area contributed by atoms with Gasteiger partial charge in [-0.2, -0.15) is 0 Å². The van der Waals surface area contributed by atoms with E-state index in [1.54, 1.807) is 24.3 Å². The van der Waals surface area contributed by atoms with Gasteiger partial charge in [-0.15, -0.1) is 0 Å². The Labute approximate surface area is 297 Å². The molecular formula is C38H28Cl4N4O2. The van der Waals surface area contributed by atoms with Gasteiger partial charge < -0.3 is 9.80 Å². The van der Waals surface area contributed by atoms with Crippen molar-refractivity contribution >= 4 is 80.0 Å². The maximum absolute atomic E-state index is 14.3. The summed E-state index contributed by atoms with van der Waals surface area (Å²) in [5.74, 6) is -0.232. The lowest BCUT2D eigenvalue weighted by molar-refractivity contribution is 0.0536. The molecule has 2 aromatic heterocycles. The van der Waals surface area contributed by atoms with Crippen LogP contribution >= 0.6 is 46.4 Å². The highest BCUT2D eigenvalue weighted by atomic mass is 35.5. The van der Waals surface area contributed by atoms with Crippen LogP contribution in [0.3, 0.4) is 0 Å². The average molecular weight is 714 g/mol. The Hall–Kier alpha value is -4.20. The van der Waals surface area contributed by atoms with Crippen molar-refractivity contribution in [3.63, 3.8) is 0 Å². The number of nitrogens with zero attached hydrogens (tertiary/aromatic N) is 4. The molecule has 0 aliphatic carbocycles. The smallest absolute Gasteiger partial charge is 0.255 e. The minimum Gasteiger partial charge on any atom is -0.335 e. The maximum Gasteiger partial charge on any atom is 0.255 e. The van der Waals surface area contributed by atoms with Crippen molar-refractivity contribution in [1.29, 1.82) is 0 Å². The molecule has 240 valence electrons. The minimum atomic E-state index is -0.116. The SMILES string of the molecule is Cc1c(-c2ccc(Cl)cc2Cl)nc2ccccc2c1C(=O)N1CCN(C(=O)c2c(C)c(-c3ccc(Cl)cc3Cl)nc3ccccc23)CC1. The molecule has 3 heterocycles. The second-order valence-corrected chi connectivity index (χ2v) is 13.5. The molecule has 1 saturated heterocycles. The average Bonchev–Trinajstić information content (AvgIpc) is 3.08. The zero-order valence-corrected chi connectivity index (χ0v) is 29.1. The highest BCUT2D eigenvalue weighted by Crippen LogP contribution is 2.37. The van der Waals surface area contributed by atoms with Gasteiger partial charge in [-0.25, -0.2) is 9.97 Å². The molecule has 0 saturated carbocycles. The number of hydrogen-bond donors (Lipinski definition) is 0. The first-order valence-electron chi connectivity index (χ1n) is 15.4. The monoisotopic (exact) mass is 712 g/mol. The fourth-order valence-corrected chi connectivity index (χ4v) is 7.48. The Bertz CT molecular complexity index is 2120. The lowest BCUT2D eigenvalue weighted by Gasteiger charge is -2.36. The van der Waals surface area contributed by atoms with Crippen molar-refractivity contribution < 1.29 is 9.59 Å². The number of para-hydroxylation sites is 2. The number of rotatable bonds is 4. The number of carbonyl (C=O) groups excluding carboxylic acids is 2. The first kappa shape index (κ1) is 32.4.